The number of hydrogen-bond donors (Lipinski definition) is 2. The molecule has 1 aliphatic rings. The summed E-state index contributed by atoms with van der Waals surface area (Å²) in [5.41, 5.74) is 2.32. The molecule has 1 saturated carbocycles. The zero-order valence-corrected chi connectivity index (χ0v) is 18.0. The fraction of sp³-hybridized carbons (Fsp3) is 0.778. The van der Waals surface area contributed by atoms with E-state index in [9.17, 15) is 0 Å². The molecule has 0 saturated heterocycles. The summed E-state index contributed by atoms with van der Waals surface area (Å²) < 4.78 is 2.09. The van der Waals surface area contributed by atoms with Crippen LogP contribution in [0.2, 0.25) is 0 Å². The average Bonchev–Trinajstić information content (AvgIpc) is 2.84. The molecule has 138 valence electrons. The minimum Gasteiger partial charge on any atom is -0.357 e. The Morgan fingerprint density at radius 1 is 1.33 bits per heavy atom. The second-order valence-electron chi connectivity index (χ2n) is 6.91. The maximum absolute atomic E-state index is 4.79. The van der Waals surface area contributed by atoms with Crippen LogP contribution < -0.4 is 10.6 Å². The van der Waals surface area contributed by atoms with Gasteiger partial charge >= 0.3 is 0 Å². The molecule has 0 aliphatic heterocycles. The van der Waals surface area contributed by atoms with E-state index in [1.54, 1.807) is 0 Å². The summed E-state index contributed by atoms with van der Waals surface area (Å²) in [5.74, 6) is 1.44. The number of halogens is 1. The van der Waals surface area contributed by atoms with Crippen LogP contribution in [0.15, 0.2) is 11.1 Å². The molecule has 1 aromatic heterocycles. The topological polar surface area (TPSA) is 54.2 Å². The van der Waals surface area contributed by atoms with Crippen molar-refractivity contribution in [2.24, 2.45) is 10.9 Å². The van der Waals surface area contributed by atoms with Crippen molar-refractivity contribution in [2.45, 2.75) is 72.4 Å². The minimum absolute atomic E-state index is 0. The molecular formula is C18H34IN5. The third-order valence-corrected chi connectivity index (χ3v) is 4.44. The van der Waals surface area contributed by atoms with Gasteiger partial charge in [-0.25, -0.2) is 0 Å². The fourth-order valence-corrected chi connectivity index (χ4v) is 3.22. The standard InChI is InChI=1S/C18H33N5.HI/c1-5-19-18(21-17-9-7-6-8-10-17)20-12-14(2)13-23-16(4)11-15(3)22-23;/h11,14,17H,5-10,12-13H2,1-4H3,(H2,19,20,21);1H. The summed E-state index contributed by atoms with van der Waals surface area (Å²) in [5, 5.41) is 11.5. The summed E-state index contributed by atoms with van der Waals surface area (Å²) in [7, 11) is 0. The Bertz CT molecular complexity index is 506. The van der Waals surface area contributed by atoms with E-state index in [4.69, 9.17) is 4.99 Å². The van der Waals surface area contributed by atoms with E-state index in [1.807, 2.05) is 6.92 Å². The number of aliphatic imine (C=N–C) groups is 1. The molecule has 1 aliphatic carbocycles. The van der Waals surface area contributed by atoms with E-state index in [0.29, 0.717) is 12.0 Å². The molecule has 2 N–H and O–H groups in total. The number of nitrogens with one attached hydrogen (secondary N) is 2. The first-order valence-electron chi connectivity index (χ1n) is 9.14. The number of rotatable bonds is 6. The van der Waals surface area contributed by atoms with Crippen LogP contribution >= 0.6 is 24.0 Å². The predicted molar refractivity (Wildman–Crippen MR) is 112 cm³/mol. The Hall–Kier alpha value is -0.790. The van der Waals surface area contributed by atoms with Gasteiger partial charge in [-0.2, -0.15) is 5.10 Å². The third kappa shape index (κ3) is 6.99. The second-order valence-corrected chi connectivity index (χ2v) is 6.91. The quantitative estimate of drug-likeness (QED) is 0.398. The molecule has 0 aromatic carbocycles. The van der Waals surface area contributed by atoms with E-state index >= 15 is 0 Å². The van der Waals surface area contributed by atoms with Gasteiger partial charge in [0, 0.05) is 31.4 Å². The smallest absolute Gasteiger partial charge is 0.191 e. The summed E-state index contributed by atoms with van der Waals surface area (Å²) in [6.45, 7) is 11.2. The first-order chi connectivity index (χ1) is 11.1. The number of hydrogen-bond acceptors (Lipinski definition) is 2. The number of aryl methyl sites for hydroxylation is 2. The van der Waals surface area contributed by atoms with Gasteiger partial charge in [0.2, 0.25) is 0 Å². The highest BCUT2D eigenvalue weighted by molar-refractivity contribution is 14.0. The molecule has 1 fully saturated rings. The Morgan fingerprint density at radius 3 is 2.62 bits per heavy atom. The van der Waals surface area contributed by atoms with Gasteiger partial charge in [0.15, 0.2) is 5.96 Å². The van der Waals surface area contributed by atoms with E-state index < -0.39 is 0 Å². The van der Waals surface area contributed by atoms with Crippen molar-refractivity contribution in [3.8, 4) is 0 Å². The fourth-order valence-electron chi connectivity index (χ4n) is 3.22. The number of guanidine groups is 1. The van der Waals surface area contributed by atoms with Gasteiger partial charge in [-0.3, -0.25) is 9.67 Å². The lowest BCUT2D eigenvalue weighted by molar-refractivity contribution is 0.408. The minimum atomic E-state index is 0. The zero-order chi connectivity index (χ0) is 16.7. The van der Waals surface area contributed by atoms with E-state index in [1.165, 1.54) is 37.8 Å². The van der Waals surface area contributed by atoms with Gasteiger partial charge in [-0.1, -0.05) is 26.2 Å². The molecule has 1 unspecified atom stereocenters. The van der Waals surface area contributed by atoms with Gasteiger partial charge in [-0.15, -0.1) is 24.0 Å². The molecular weight excluding hydrogens is 413 g/mol. The zero-order valence-electron chi connectivity index (χ0n) is 15.6. The molecule has 0 amide bonds. The van der Waals surface area contributed by atoms with Crippen LogP contribution in [0.3, 0.4) is 0 Å². The van der Waals surface area contributed by atoms with Gasteiger partial charge in [0.25, 0.3) is 0 Å². The Balaban J connectivity index is 0.00000288. The van der Waals surface area contributed by atoms with Crippen molar-refractivity contribution in [1.29, 1.82) is 0 Å². The summed E-state index contributed by atoms with van der Waals surface area (Å²) in [6.07, 6.45) is 6.60. The van der Waals surface area contributed by atoms with Crippen LogP contribution in [0.25, 0.3) is 0 Å². The maximum Gasteiger partial charge on any atom is 0.191 e. The number of nitrogens with zero attached hydrogens (tertiary/aromatic N) is 3. The molecule has 0 spiro atoms. The van der Waals surface area contributed by atoms with Crippen molar-refractivity contribution < 1.29 is 0 Å². The van der Waals surface area contributed by atoms with Gasteiger partial charge in [-0.05, 0) is 45.6 Å². The monoisotopic (exact) mass is 447 g/mol. The highest BCUT2D eigenvalue weighted by Gasteiger charge is 2.14. The second kappa shape index (κ2) is 10.9. The van der Waals surface area contributed by atoms with E-state index in [0.717, 1.165) is 31.3 Å². The normalized spacial score (nSPS) is 17.2. The largest absolute Gasteiger partial charge is 0.357 e. The molecule has 1 atom stereocenters. The van der Waals surface area contributed by atoms with Gasteiger partial charge in [0.05, 0.1) is 5.69 Å². The summed E-state index contributed by atoms with van der Waals surface area (Å²) >= 11 is 0. The molecule has 0 radical (unpaired) electrons. The van der Waals surface area contributed by atoms with Crippen LogP contribution in [0.4, 0.5) is 0 Å². The van der Waals surface area contributed by atoms with E-state index in [2.05, 4.69) is 47.3 Å². The van der Waals surface area contributed by atoms with Gasteiger partial charge < -0.3 is 10.6 Å². The van der Waals surface area contributed by atoms with Crippen molar-refractivity contribution in [3.05, 3.63) is 17.5 Å². The lowest BCUT2D eigenvalue weighted by Gasteiger charge is -2.25. The van der Waals surface area contributed by atoms with Crippen molar-refractivity contribution in [1.82, 2.24) is 20.4 Å². The van der Waals surface area contributed by atoms with E-state index in [-0.39, 0.29) is 24.0 Å². The molecule has 0 bridgehead atoms. The van der Waals surface area contributed by atoms with Crippen molar-refractivity contribution >= 4 is 29.9 Å². The molecule has 6 heteroatoms. The molecule has 1 aromatic rings. The van der Waals surface area contributed by atoms with Crippen LogP contribution in [0.1, 0.15) is 57.3 Å². The van der Waals surface area contributed by atoms with Crippen molar-refractivity contribution in [2.75, 3.05) is 13.1 Å². The van der Waals surface area contributed by atoms with Crippen LogP contribution in [0.5, 0.6) is 0 Å². The molecule has 5 nitrogen and oxygen atoms in total. The van der Waals surface area contributed by atoms with Crippen LogP contribution in [0, 0.1) is 19.8 Å². The first-order valence-corrected chi connectivity index (χ1v) is 9.14. The molecule has 1 heterocycles. The van der Waals surface area contributed by atoms with Crippen molar-refractivity contribution in [3.63, 3.8) is 0 Å². The lowest BCUT2D eigenvalue weighted by Crippen LogP contribution is -2.44. The maximum atomic E-state index is 4.79. The summed E-state index contributed by atoms with van der Waals surface area (Å²) in [6, 6.07) is 2.72. The Morgan fingerprint density at radius 2 is 2.04 bits per heavy atom. The lowest BCUT2D eigenvalue weighted by atomic mass is 9.96. The predicted octanol–water partition coefficient (Wildman–Crippen LogP) is 3.64. The number of aromatic nitrogens is 2. The molecule has 24 heavy (non-hydrogen) atoms. The van der Waals surface area contributed by atoms with Crippen LogP contribution in [-0.2, 0) is 6.54 Å². The highest BCUT2D eigenvalue weighted by atomic mass is 127. The van der Waals surface area contributed by atoms with Gasteiger partial charge in [0.1, 0.15) is 0 Å². The Labute approximate surface area is 164 Å². The highest BCUT2D eigenvalue weighted by Crippen LogP contribution is 2.17. The Kier molecular flexibility index (Phi) is 9.69. The summed E-state index contributed by atoms with van der Waals surface area (Å²) in [4.78, 5) is 4.79. The van der Waals surface area contributed by atoms with Crippen LogP contribution in [-0.4, -0.2) is 34.9 Å². The third-order valence-electron chi connectivity index (χ3n) is 4.44. The molecule has 2 rings (SSSR count). The first kappa shape index (κ1) is 21.3. The average molecular weight is 447 g/mol. The SMILES string of the molecule is CCNC(=NCC(C)Cn1nc(C)cc1C)NC1CCCCC1.I.